The molecule has 1 aromatic carbocycles. The third-order valence-corrected chi connectivity index (χ3v) is 3.74. The average Bonchev–Trinajstić information content (AvgIpc) is 2.35. The summed E-state index contributed by atoms with van der Waals surface area (Å²) >= 11 is 0. The maximum Gasteiger partial charge on any atom is 0.0314 e. The number of benzene rings is 1. The van der Waals surface area contributed by atoms with Gasteiger partial charge in [-0.3, -0.25) is 4.90 Å². The fraction of sp³-hybridized carbons (Fsp3) is 0.600. The number of nitrogens with two attached hydrogens (primary N) is 1. The quantitative estimate of drug-likeness (QED) is 0.806. The number of nitrogens with zero attached hydrogens (tertiary/aromatic N) is 1. The normalized spacial score (nSPS) is 21.6. The van der Waals surface area contributed by atoms with E-state index in [4.69, 9.17) is 5.73 Å². The zero-order valence-corrected chi connectivity index (χ0v) is 10.9. The Labute approximate surface area is 105 Å². The molecule has 1 atom stereocenters. The number of nitrogen functional groups attached to an aromatic ring is 1. The molecule has 1 unspecified atom stereocenters. The second-order valence-corrected chi connectivity index (χ2v) is 5.15. The monoisotopic (exact) mass is 232 g/mol. The minimum absolute atomic E-state index is 0.798. The molecular formula is C15H24N2. The summed E-state index contributed by atoms with van der Waals surface area (Å²) in [6, 6.07) is 9.13. The molecule has 0 spiro atoms. The van der Waals surface area contributed by atoms with Gasteiger partial charge in [0.1, 0.15) is 0 Å². The molecular weight excluding hydrogens is 208 g/mol. The Hall–Kier alpha value is -1.02. The van der Waals surface area contributed by atoms with Gasteiger partial charge in [0.05, 0.1) is 0 Å². The van der Waals surface area contributed by atoms with Gasteiger partial charge < -0.3 is 5.73 Å². The Morgan fingerprint density at radius 3 is 2.71 bits per heavy atom. The van der Waals surface area contributed by atoms with Crippen LogP contribution in [0.2, 0.25) is 0 Å². The van der Waals surface area contributed by atoms with E-state index in [9.17, 15) is 0 Å². The summed E-state index contributed by atoms with van der Waals surface area (Å²) in [6.07, 6.45) is 6.78. The maximum absolute atomic E-state index is 5.72. The Balaban J connectivity index is 1.97. The molecule has 0 amide bonds. The van der Waals surface area contributed by atoms with Crippen LogP contribution in [0.25, 0.3) is 0 Å². The van der Waals surface area contributed by atoms with Crippen molar-refractivity contribution < 1.29 is 0 Å². The van der Waals surface area contributed by atoms with Gasteiger partial charge in [-0.25, -0.2) is 0 Å². The van der Waals surface area contributed by atoms with E-state index in [1.54, 1.807) is 0 Å². The summed E-state index contributed by atoms with van der Waals surface area (Å²) in [5, 5.41) is 0. The highest BCUT2D eigenvalue weighted by Crippen LogP contribution is 2.23. The second-order valence-electron chi connectivity index (χ2n) is 5.15. The van der Waals surface area contributed by atoms with Crippen molar-refractivity contribution in [2.75, 3.05) is 12.3 Å². The van der Waals surface area contributed by atoms with Gasteiger partial charge in [-0.05, 0) is 43.5 Å². The number of hydrogen-bond acceptors (Lipinski definition) is 2. The molecule has 17 heavy (non-hydrogen) atoms. The van der Waals surface area contributed by atoms with Gasteiger partial charge in [-0.1, -0.05) is 31.9 Å². The van der Waals surface area contributed by atoms with Gasteiger partial charge in [-0.2, -0.15) is 0 Å². The minimum Gasteiger partial charge on any atom is -0.399 e. The van der Waals surface area contributed by atoms with Gasteiger partial charge in [-0.15, -0.1) is 0 Å². The molecule has 94 valence electrons. The lowest BCUT2D eigenvalue weighted by Crippen LogP contribution is -2.38. The molecule has 2 N–H and O–H groups in total. The van der Waals surface area contributed by atoms with Crippen molar-refractivity contribution >= 4 is 5.69 Å². The molecule has 1 aliphatic heterocycles. The smallest absolute Gasteiger partial charge is 0.0314 e. The van der Waals surface area contributed by atoms with E-state index >= 15 is 0 Å². The molecule has 1 aliphatic rings. The molecule has 0 bridgehead atoms. The summed E-state index contributed by atoms with van der Waals surface area (Å²) in [7, 11) is 0. The van der Waals surface area contributed by atoms with E-state index < -0.39 is 0 Å². The first kappa shape index (κ1) is 12.4. The standard InChI is InChI=1S/C15H24N2/c1-2-5-15-6-3-4-11-17(15)12-13-7-9-14(16)10-8-13/h7-10,15H,2-6,11-12,16H2,1H3. The molecule has 0 aromatic heterocycles. The van der Waals surface area contributed by atoms with E-state index in [0.29, 0.717) is 0 Å². The van der Waals surface area contributed by atoms with Crippen LogP contribution < -0.4 is 5.73 Å². The summed E-state index contributed by atoms with van der Waals surface area (Å²) < 4.78 is 0. The molecule has 1 aromatic rings. The van der Waals surface area contributed by atoms with Crippen molar-refractivity contribution in [3.8, 4) is 0 Å². The van der Waals surface area contributed by atoms with Gasteiger partial charge >= 0.3 is 0 Å². The fourth-order valence-corrected chi connectivity index (χ4v) is 2.79. The lowest BCUT2D eigenvalue weighted by atomic mass is 9.97. The SMILES string of the molecule is CCCC1CCCCN1Cc1ccc(N)cc1. The number of rotatable bonds is 4. The molecule has 0 aliphatic carbocycles. The predicted octanol–water partition coefficient (Wildman–Crippen LogP) is 3.42. The summed E-state index contributed by atoms with van der Waals surface area (Å²) in [6.45, 7) is 4.63. The highest BCUT2D eigenvalue weighted by atomic mass is 15.2. The van der Waals surface area contributed by atoms with Crippen molar-refractivity contribution in [2.45, 2.75) is 51.6 Å². The third kappa shape index (κ3) is 3.47. The first-order valence-corrected chi connectivity index (χ1v) is 6.88. The van der Waals surface area contributed by atoms with Gasteiger partial charge in [0.2, 0.25) is 0 Å². The number of piperidine rings is 1. The predicted molar refractivity (Wildman–Crippen MR) is 73.8 cm³/mol. The largest absolute Gasteiger partial charge is 0.399 e. The molecule has 1 saturated heterocycles. The highest BCUT2D eigenvalue weighted by Gasteiger charge is 2.21. The van der Waals surface area contributed by atoms with Gasteiger partial charge in [0, 0.05) is 18.3 Å². The fourth-order valence-electron chi connectivity index (χ4n) is 2.79. The van der Waals surface area contributed by atoms with Crippen LogP contribution in [0.4, 0.5) is 5.69 Å². The first-order valence-electron chi connectivity index (χ1n) is 6.88. The Morgan fingerprint density at radius 1 is 1.24 bits per heavy atom. The van der Waals surface area contributed by atoms with E-state index in [2.05, 4.69) is 24.0 Å². The van der Waals surface area contributed by atoms with E-state index in [1.165, 1.54) is 44.2 Å². The minimum atomic E-state index is 0.798. The zero-order valence-electron chi connectivity index (χ0n) is 10.9. The van der Waals surface area contributed by atoms with E-state index in [0.717, 1.165) is 18.3 Å². The highest BCUT2D eigenvalue weighted by molar-refractivity contribution is 5.39. The first-order chi connectivity index (χ1) is 8.29. The lowest BCUT2D eigenvalue weighted by Gasteiger charge is -2.35. The summed E-state index contributed by atoms with van der Waals surface area (Å²) in [4.78, 5) is 2.65. The van der Waals surface area contributed by atoms with Gasteiger partial charge in [0.15, 0.2) is 0 Å². The van der Waals surface area contributed by atoms with Crippen LogP contribution in [0.5, 0.6) is 0 Å². The zero-order chi connectivity index (χ0) is 12.1. The molecule has 1 fully saturated rings. The average molecular weight is 232 g/mol. The van der Waals surface area contributed by atoms with Crippen molar-refractivity contribution in [1.29, 1.82) is 0 Å². The molecule has 2 rings (SSSR count). The Bertz CT molecular complexity index is 329. The molecule has 0 radical (unpaired) electrons. The topological polar surface area (TPSA) is 29.3 Å². The Kier molecular flexibility index (Phi) is 4.43. The number of hydrogen-bond donors (Lipinski definition) is 1. The van der Waals surface area contributed by atoms with Crippen molar-refractivity contribution in [1.82, 2.24) is 4.90 Å². The maximum atomic E-state index is 5.72. The molecule has 2 nitrogen and oxygen atoms in total. The molecule has 1 heterocycles. The van der Waals surface area contributed by atoms with Crippen LogP contribution >= 0.6 is 0 Å². The number of anilines is 1. The van der Waals surface area contributed by atoms with Crippen LogP contribution in [-0.2, 0) is 6.54 Å². The van der Waals surface area contributed by atoms with Gasteiger partial charge in [0.25, 0.3) is 0 Å². The molecule has 2 heteroatoms. The Morgan fingerprint density at radius 2 is 2.00 bits per heavy atom. The van der Waals surface area contributed by atoms with E-state index in [1.807, 2.05) is 12.1 Å². The third-order valence-electron chi connectivity index (χ3n) is 3.74. The lowest BCUT2D eigenvalue weighted by molar-refractivity contribution is 0.131. The van der Waals surface area contributed by atoms with E-state index in [-0.39, 0.29) is 0 Å². The van der Waals surface area contributed by atoms with Crippen LogP contribution in [-0.4, -0.2) is 17.5 Å². The van der Waals surface area contributed by atoms with Crippen molar-refractivity contribution in [2.24, 2.45) is 0 Å². The van der Waals surface area contributed by atoms with Crippen LogP contribution in [0.15, 0.2) is 24.3 Å². The van der Waals surface area contributed by atoms with Crippen LogP contribution in [0.3, 0.4) is 0 Å². The summed E-state index contributed by atoms with van der Waals surface area (Å²) in [5.74, 6) is 0. The second kappa shape index (κ2) is 6.06. The van der Waals surface area contributed by atoms with Crippen molar-refractivity contribution in [3.63, 3.8) is 0 Å². The molecule has 0 saturated carbocycles. The summed E-state index contributed by atoms with van der Waals surface area (Å²) in [5.41, 5.74) is 7.97. The number of likely N-dealkylation sites (tertiary alicyclic amines) is 1. The van der Waals surface area contributed by atoms with Crippen molar-refractivity contribution in [3.05, 3.63) is 29.8 Å². The van der Waals surface area contributed by atoms with Crippen LogP contribution in [0.1, 0.15) is 44.6 Å². The van der Waals surface area contributed by atoms with Crippen LogP contribution in [0, 0.1) is 0 Å².